The van der Waals surface area contributed by atoms with Gasteiger partial charge in [0, 0.05) is 0 Å². The number of rotatable bonds is 1. The molecule has 0 fully saturated rings. The van der Waals surface area contributed by atoms with Gasteiger partial charge in [-0.2, -0.15) is 0 Å². The fourth-order valence-corrected chi connectivity index (χ4v) is 1.09. The summed E-state index contributed by atoms with van der Waals surface area (Å²) in [5.74, 6) is 1.83. The molecule has 2 unspecified atom stereocenters. The zero-order valence-corrected chi connectivity index (χ0v) is 11.4. The predicted octanol–water partition coefficient (Wildman–Crippen LogP) is 5.55. The zero-order valence-electron chi connectivity index (χ0n) is 11.4. The highest BCUT2D eigenvalue weighted by Crippen LogP contribution is 2.23. The Morgan fingerprint density at radius 1 is 0.875 bits per heavy atom. The topological polar surface area (TPSA) is 0 Å². The normalized spacial score (nSPS) is 22.5. The SMILES string of the molecule is C=CC=C.CC1CC=CCC1C.CC=CC. The van der Waals surface area contributed by atoms with Crippen molar-refractivity contribution in [3.8, 4) is 0 Å². The van der Waals surface area contributed by atoms with Gasteiger partial charge in [0.25, 0.3) is 0 Å². The van der Waals surface area contributed by atoms with Crippen molar-refractivity contribution in [1.29, 1.82) is 0 Å². The maximum atomic E-state index is 3.36. The molecule has 1 aliphatic rings. The Labute approximate surface area is 102 Å². The lowest BCUT2D eigenvalue weighted by Gasteiger charge is -2.19. The first-order valence-electron chi connectivity index (χ1n) is 6.09. The van der Waals surface area contributed by atoms with Crippen molar-refractivity contribution in [2.24, 2.45) is 11.8 Å². The fraction of sp³-hybridized carbons (Fsp3) is 0.500. The van der Waals surface area contributed by atoms with E-state index in [2.05, 4.69) is 39.2 Å². The summed E-state index contributed by atoms with van der Waals surface area (Å²) in [6.07, 6.45) is 14.5. The number of allylic oxidation sites excluding steroid dienone is 6. The van der Waals surface area contributed by atoms with Crippen molar-refractivity contribution in [3.63, 3.8) is 0 Å². The van der Waals surface area contributed by atoms with E-state index >= 15 is 0 Å². The van der Waals surface area contributed by atoms with Crippen molar-refractivity contribution >= 4 is 0 Å². The molecule has 16 heavy (non-hydrogen) atoms. The molecule has 0 aliphatic heterocycles. The van der Waals surface area contributed by atoms with Gasteiger partial charge < -0.3 is 0 Å². The Bertz CT molecular complexity index is 186. The van der Waals surface area contributed by atoms with Crippen LogP contribution in [0.2, 0.25) is 0 Å². The highest BCUT2D eigenvalue weighted by atomic mass is 14.2. The quantitative estimate of drug-likeness (QED) is 0.401. The van der Waals surface area contributed by atoms with E-state index in [1.54, 1.807) is 12.2 Å². The predicted molar refractivity (Wildman–Crippen MR) is 77.6 cm³/mol. The van der Waals surface area contributed by atoms with Gasteiger partial charge in [0.15, 0.2) is 0 Å². The molecule has 0 spiro atoms. The minimum atomic E-state index is 0.917. The third-order valence-electron chi connectivity index (χ3n) is 2.65. The minimum Gasteiger partial charge on any atom is -0.0991 e. The first-order chi connectivity index (χ1) is 7.63. The van der Waals surface area contributed by atoms with Crippen molar-refractivity contribution < 1.29 is 0 Å². The van der Waals surface area contributed by atoms with Crippen molar-refractivity contribution in [1.82, 2.24) is 0 Å². The van der Waals surface area contributed by atoms with Crippen LogP contribution in [0.15, 0.2) is 49.6 Å². The summed E-state index contributed by atoms with van der Waals surface area (Å²) in [6.45, 7) is 15.4. The molecule has 0 N–H and O–H groups in total. The van der Waals surface area contributed by atoms with E-state index in [-0.39, 0.29) is 0 Å². The second kappa shape index (κ2) is 14.0. The molecule has 0 amide bonds. The molecule has 0 saturated carbocycles. The Hall–Kier alpha value is -1.04. The monoisotopic (exact) mass is 220 g/mol. The molecule has 0 heterocycles. The number of hydrogen-bond donors (Lipinski definition) is 0. The molecule has 2 atom stereocenters. The molecule has 1 aliphatic carbocycles. The molecule has 0 bridgehead atoms. The van der Waals surface area contributed by atoms with Crippen molar-refractivity contribution in [2.45, 2.75) is 40.5 Å². The maximum Gasteiger partial charge on any atom is -0.0322 e. The summed E-state index contributed by atoms with van der Waals surface area (Å²) in [5, 5.41) is 0. The lowest BCUT2D eigenvalue weighted by molar-refractivity contribution is 0.380. The summed E-state index contributed by atoms with van der Waals surface area (Å²) in [7, 11) is 0. The molecule has 0 aromatic rings. The summed E-state index contributed by atoms with van der Waals surface area (Å²) in [6, 6.07) is 0. The van der Waals surface area contributed by atoms with Gasteiger partial charge in [-0.25, -0.2) is 0 Å². The van der Waals surface area contributed by atoms with E-state index in [1.807, 2.05) is 26.0 Å². The average molecular weight is 220 g/mol. The lowest BCUT2D eigenvalue weighted by Crippen LogP contribution is -2.08. The van der Waals surface area contributed by atoms with Gasteiger partial charge in [-0.15, -0.1) is 0 Å². The first kappa shape index (κ1) is 17.4. The standard InChI is InChI=1S/C8H14.C4H8.C4H6/c1-7-5-3-4-6-8(7)2;2*1-3-4-2/h3-4,7-8H,5-6H2,1-2H3;3-4H,1-2H3;3-4H,1-2H2. The maximum absolute atomic E-state index is 3.36. The van der Waals surface area contributed by atoms with E-state index in [1.165, 1.54) is 12.8 Å². The molecule has 0 nitrogen and oxygen atoms in total. The lowest BCUT2D eigenvalue weighted by atomic mass is 9.86. The van der Waals surface area contributed by atoms with Gasteiger partial charge in [0.1, 0.15) is 0 Å². The van der Waals surface area contributed by atoms with E-state index < -0.39 is 0 Å². The highest BCUT2D eigenvalue weighted by Gasteiger charge is 2.11. The smallest absolute Gasteiger partial charge is 0.0322 e. The van der Waals surface area contributed by atoms with Gasteiger partial charge >= 0.3 is 0 Å². The zero-order chi connectivity index (χ0) is 12.8. The van der Waals surface area contributed by atoms with Gasteiger partial charge in [0.2, 0.25) is 0 Å². The van der Waals surface area contributed by atoms with Crippen LogP contribution in [0.5, 0.6) is 0 Å². The van der Waals surface area contributed by atoms with Crippen LogP contribution in [0.1, 0.15) is 40.5 Å². The molecular weight excluding hydrogens is 192 g/mol. The number of hydrogen-bond acceptors (Lipinski definition) is 0. The molecule has 0 aromatic heterocycles. The van der Waals surface area contributed by atoms with Crippen LogP contribution < -0.4 is 0 Å². The Balaban J connectivity index is 0. The van der Waals surface area contributed by atoms with Crippen LogP contribution in [-0.4, -0.2) is 0 Å². The van der Waals surface area contributed by atoms with E-state index in [0.717, 1.165) is 11.8 Å². The molecular formula is C16H28. The third-order valence-corrected chi connectivity index (χ3v) is 2.65. The van der Waals surface area contributed by atoms with Crippen LogP contribution in [-0.2, 0) is 0 Å². The summed E-state index contributed by atoms with van der Waals surface area (Å²) < 4.78 is 0. The average Bonchev–Trinajstić information content (AvgIpc) is 2.33. The third kappa shape index (κ3) is 13.0. The molecule has 1 rings (SSSR count). The summed E-state index contributed by atoms with van der Waals surface area (Å²) in [4.78, 5) is 0. The van der Waals surface area contributed by atoms with Crippen molar-refractivity contribution in [3.05, 3.63) is 49.6 Å². The second-order valence-corrected chi connectivity index (χ2v) is 4.04. The molecule has 92 valence electrons. The van der Waals surface area contributed by atoms with Crippen LogP contribution in [0.25, 0.3) is 0 Å². The van der Waals surface area contributed by atoms with Crippen LogP contribution in [0.3, 0.4) is 0 Å². The largest absolute Gasteiger partial charge is 0.0991 e. The Morgan fingerprint density at radius 2 is 1.19 bits per heavy atom. The van der Waals surface area contributed by atoms with Crippen LogP contribution in [0.4, 0.5) is 0 Å². The fourth-order valence-electron chi connectivity index (χ4n) is 1.09. The molecule has 0 heteroatoms. The minimum absolute atomic E-state index is 0.917. The molecule has 0 saturated heterocycles. The highest BCUT2D eigenvalue weighted by molar-refractivity contribution is 4.91. The Morgan fingerprint density at radius 3 is 1.31 bits per heavy atom. The second-order valence-electron chi connectivity index (χ2n) is 4.04. The molecule has 0 aromatic carbocycles. The van der Waals surface area contributed by atoms with Crippen LogP contribution >= 0.6 is 0 Å². The summed E-state index contributed by atoms with van der Waals surface area (Å²) in [5.41, 5.74) is 0. The Kier molecular flexibility index (Phi) is 15.1. The van der Waals surface area contributed by atoms with Gasteiger partial charge in [0.05, 0.1) is 0 Å². The van der Waals surface area contributed by atoms with Gasteiger partial charge in [-0.1, -0.05) is 63.5 Å². The van der Waals surface area contributed by atoms with Gasteiger partial charge in [-0.3, -0.25) is 0 Å². The summed E-state index contributed by atoms with van der Waals surface area (Å²) >= 11 is 0. The van der Waals surface area contributed by atoms with Gasteiger partial charge in [-0.05, 0) is 38.5 Å². The van der Waals surface area contributed by atoms with E-state index in [9.17, 15) is 0 Å². The molecule has 0 radical (unpaired) electrons. The van der Waals surface area contributed by atoms with Crippen molar-refractivity contribution in [2.75, 3.05) is 0 Å². The van der Waals surface area contributed by atoms with Crippen LogP contribution in [0, 0.1) is 11.8 Å². The first-order valence-corrected chi connectivity index (χ1v) is 6.09. The van der Waals surface area contributed by atoms with E-state index in [4.69, 9.17) is 0 Å². The van der Waals surface area contributed by atoms with E-state index in [0.29, 0.717) is 0 Å².